The van der Waals surface area contributed by atoms with E-state index in [1.807, 2.05) is 13.2 Å². The average Bonchev–Trinajstić information content (AvgIpc) is 2.81. The van der Waals surface area contributed by atoms with Gasteiger partial charge >= 0.3 is 5.70 Å². The number of fused-ring (bicyclic) bond motifs is 1. The smallest absolute Gasteiger partial charge is 0.373 e. The summed E-state index contributed by atoms with van der Waals surface area (Å²) in [4.78, 5) is 20.6. The molecule has 2 aliphatic rings. The van der Waals surface area contributed by atoms with Crippen molar-refractivity contribution >= 4 is 22.8 Å². The molecule has 0 bridgehead atoms. The number of aliphatic imine (C=N–C) groups is 2. The van der Waals surface area contributed by atoms with Gasteiger partial charge in [-0.25, -0.2) is 0 Å². The largest absolute Gasteiger partial charge is 0.476 e. The Bertz CT molecular complexity index is 488. The van der Waals surface area contributed by atoms with E-state index in [2.05, 4.69) is 9.98 Å². The van der Waals surface area contributed by atoms with Crippen LogP contribution in [0, 0.1) is 10.1 Å². The number of hydrogen-bond donors (Lipinski definition) is 0. The number of rotatable bonds is 4. The average molecular weight is 286 g/mol. The zero-order chi connectivity index (χ0) is 14.0. The van der Waals surface area contributed by atoms with E-state index in [9.17, 15) is 10.1 Å². The van der Waals surface area contributed by atoms with Crippen LogP contribution in [0.1, 0.15) is 6.92 Å². The molecule has 0 aliphatic carbocycles. The normalized spacial score (nSPS) is 22.1. The fraction of sp³-hybridized carbons (Fsp3) is 0.600. The maximum atomic E-state index is 11.2. The summed E-state index contributed by atoms with van der Waals surface area (Å²) >= 11 is 1.36. The SMILES string of the molecule is CCOC1CN=C2C([N+](=O)[O-])=C(OC)N=C(SC)N21. The third kappa shape index (κ3) is 2.30. The second-order valence-electron chi connectivity index (χ2n) is 3.66. The topological polar surface area (TPSA) is 89.6 Å². The Morgan fingerprint density at radius 1 is 1.63 bits per heavy atom. The summed E-state index contributed by atoms with van der Waals surface area (Å²) in [5, 5.41) is 11.7. The van der Waals surface area contributed by atoms with Crippen molar-refractivity contribution in [3.8, 4) is 0 Å². The van der Waals surface area contributed by atoms with Crippen LogP contribution < -0.4 is 0 Å². The standard InChI is InChI=1S/C10H14N4O4S/c1-4-18-6-5-11-8-7(14(15)16)9(17-2)12-10(19-3)13(6)8/h6H,4-5H2,1-3H3. The Morgan fingerprint density at radius 3 is 2.89 bits per heavy atom. The molecular formula is C10H14N4O4S. The lowest BCUT2D eigenvalue weighted by molar-refractivity contribution is -0.419. The highest BCUT2D eigenvalue weighted by molar-refractivity contribution is 8.13. The predicted octanol–water partition coefficient (Wildman–Crippen LogP) is 0.888. The van der Waals surface area contributed by atoms with Crippen LogP contribution in [-0.2, 0) is 9.47 Å². The third-order valence-electron chi connectivity index (χ3n) is 2.65. The molecule has 0 aromatic heterocycles. The van der Waals surface area contributed by atoms with Crippen LogP contribution in [0.15, 0.2) is 21.6 Å². The van der Waals surface area contributed by atoms with Gasteiger partial charge in [0.05, 0.1) is 18.6 Å². The molecule has 2 aliphatic heterocycles. The van der Waals surface area contributed by atoms with E-state index in [1.54, 1.807) is 4.90 Å². The van der Waals surface area contributed by atoms with E-state index in [-0.39, 0.29) is 23.6 Å². The second kappa shape index (κ2) is 5.57. The number of amidine groups is 2. The second-order valence-corrected chi connectivity index (χ2v) is 4.43. The molecule has 8 nitrogen and oxygen atoms in total. The van der Waals surface area contributed by atoms with Gasteiger partial charge in [0.2, 0.25) is 5.84 Å². The lowest BCUT2D eigenvalue weighted by Crippen LogP contribution is -2.45. The Kier molecular flexibility index (Phi) is 4.05. The summed E-state index contributed by atoms with van der Waals surface area (Å²) in [6.07, 6.45) is 1.49. The molecule has 0 radical (unpaired) electrons. The summed E-state index contributed by atoms with van der Waals surface area (Å²) in [5.41, 5.74) is -0.220. The Labute approximate surface area is 114 Å². The molecule has 0 amide bonds. The van der Waals surface area contributed by atoms with Crippen molar-refractivity contribution in [3.63, 3.8) is 0 Å². The Balaban J connectivity index is 2.46. The number of nitro groups is 1. The monoisotopic (exact) mass is 286 g/mol. The lowest BCUT2D eigenvalue weighted by atomic mass is 10.3. The van der Waals surface area contributed by atoms with Crippen molar-refractivity contribution in [1.82, 2.24) is 4.90 Å². The molecule has 0 fully saturated rings. The fourth-order valence-corrected chi connectivity index (χ4v) is 2.49. The maximum Gasteiger partial charge on any atom is 0.373 e. The van der Waals surface area contributed by atoms with Gasteiger partial charge in [0, 0.05) is 6.61 Å². The first-order chi connectivity index (χ1) is 9.13. The predicted molar refractivity (Wildman–Crippen MR) is 71.5 cm³/mol. The lowest BCUT2D eigenvalue weighted by Gasteiger charge is -2.28. The maximum absolute atomic E-state index is 11.2. The fourth-order valence-electron chi connectivity index (χ4n) is 1.92. The molecule has 1 atom stereocenters. The van der Waals surface area contributed by atoms with Gasteiger partial charge in [0.25, 0.3) is 5.88 Å². The zero-order valence-corrected chi connectivity index (χ0v) is 11.6. The Hall–Kier alpha value is -1.61. The van der Waals surface area contributed by atoms with Crippen LogP contribution in [0.3, 0.4) is 0 Å². The molecule has 2 heterocycles. The number of hydrogen-bond acceptors (Lipinski definition) is 8. The van der Waals surface area contributed by atoms with E-state index in [4.69, 9.17) is 9.47 Å². The van der Waals surface area contributed by atoms with Crippen LogP contribution in [0.25, 0.3) is 0 Å². The van der Waals surface area contributed by atoms with E-state index in [1.165, 1.54) is 18.9 Å². The van der Waals surface area contributed by atoms with Crippen LogP contribution in [0.2, 0.25) is 0 Å². The molecular weight excluding hydrogens is 272 g/mol. The van der Waals surface area contributed by atoms with E-state index < -0.39 is 4.92 Å². The summed E-state index contributed by atoms with van der Waals surface area (Å²) < 4.78 is 10.5. The zero-order valence-electron chi connectivity index (χ0n) is 10.8. The van der Waals surface area contributed by atoms with Crippen LogP contribution in [0.5, 0.6) is 0 Å². The van der Waals surface area contributed by atoms with Gasteiger partial charge in [-0.05, 0) is 13.2 Å². The van der Waals surface area contributed by atoms with Crippen molar-refractivity contribution in [2.45, 2.75) is 13.2 Å². The number of thioether (sulfide) groups is 1. The minimum absolute atomic E-state index is 0.0264. The first-order valence-corrected chi connectivity index (χ1v) is 6.87. The first-order valence-electron chi connectivity index (χ1n) is 5.65. The highest BCUT2D eigenvalue weighted by Gasteiger charge is 2.44. The van der Waals surface area contributed by atoms with Gasteiger partial charge in [0.1, 0.15) is 0 Å². The molecule has 0 saturated carbocycles. The molecule has 19 heavy (non-hydrogen) atoms. The molecule has 0 aromatic rings. The number of ether oxygens (including phenoxy) is 2. The van der Waals surface area contributed by atoms with Crippen molar-refractivity contribution in [2.24, 2.45) is 9.98 Å². The minimum atomic E-state index is -0.528. The molecule has 2 rings (SSSR count). The summed E-state index contributed by atoms with van der Waals surface area (Å²) in [6.45, 7) is 2.71. The van der Waals surface area contributed by atoms with Crippen LogP contribution in [0.4, 0.5) is 0 Å². The van der Waals surface area contributed by atoms with Gasteiger partial charge in [-0.1, -0.05) is 11.8 Å². The highest BCUT2D eigenvalue weighted by atomic mass is 32.2. The van der Waals surface area contributed by atoms with Gasteiger partial charge in [-0.15, -0.1) is 0 Å². The van der Waals surface area contributed by atoms with Gasteiger partial charge in [-0.3, -0.25) is 20.0 Å². The van der Waals surface area contributed by atoms with E-state index >= 15 is 0 Å². The number of nitrogens with zero attached hydrogens (tertiary/aromatic N) is 4. The van der Waals surface area contributed by atoms with Crippen molar-refractivity contribution < 1.29 is 14.4 Å². The summed E-state index contributed by atoms with van der Waals surface area (Å²) in [5.74, 6) is 0.223. The molecule has 0 saturated heterocycles. The van der Waals surface area contributed by atoms with Gasteiger partial charge in [-0.2, -0.15) is 4.99 Å². The molecule has 1 unspecified atom stereocenters. The van der Waals surface area contributed by atoms with E-state index in [0.29, 0.717) is 18.3 Å². The molecule has 0 spiro atoms. The molecule has 0 N–H and O–H groups in total. The van der Waals surface area contributed by atoms with Crippen molar-refractivity contribution in [2.75, 3.05) is 26.5 Å². The summed E-state index contributed by atoms with van der Waals surface area (Å²) in [6, 6.07) is 0. The molecule has 9 heteroatoms. The van der Waals surface area contributed by atoms with Crippen molar-refractivity contribution in [1.29, 1.82) is 0 Å². The number of methoxy groups -OCH3 is 1. The quantitative estimate of drug-likeness (QED) is 0.563. The molecule has 104 valence electrons. The highest BCUT2D eigenvalue weighted by Crippen LogP contribution is 2.29. The van der Waals surface area contributed by atoms with Gasteiger partial charge < -0.3 is 9.47 Å². The van der Waals surface area contributed by atoms with Crippen molar-refractivity contribution in [3.05, 3.63) is 21.7 Å². The first kappa shape index (κ1) is 13.8. The van der Waals surface area contributed by atoms with E-state index in [0.717, 1.165) is 0 Å². The third-order valence-corrected chi connectivity index (χ3v) is 3.30. The minimum Gasteiger partial charge on any atom is -0.476 e. The Morgan fingerprint density at radius 2 is 2.37 bits per heavy atom. The summed E-state index contributed by atoms with van der Waals surface area (Å²) in [7, 11) is 1.35. The van der Waals surface area contributed by atoms with Gasteiger partial charge in [0.15, 0.2) is 11.4 Å². The van der Waals surface area contributed by atoms with Crippen LogP contribution >= 0.6 is 11.8 Å². The van der Waals surface area contributed by atoms with Crippen LogP contribution in [-0.4, -0.2) is 53.6 Å². The molecule has 0 aromatic carbocycles.